The second kappa shape index (κ2) is 5.06. The first-order valence-corrected chi connectivity index (χ1v) is 7.84. The third-order valence-corrected chi connectivity index (χ3v) is 5.16. The van der Waals surface area contributed by atoms with E-state index in [2.05, 4.69) is 17.1 Å². The normalized spacial score (nSPS) is 40.5. The molecular weight excluding hydrogens is 240 g/mol. The lowest BCUT2D eigenvalue weighted by Crippen LogP contribution is -2.52. The smallest absolute Gasteiger partial charge is 0.323 e. The van der Waals surface area contributed by atoms with Gasteiger partial charge in [-0.2, -0.15) is 0 Å². The fourth-order valence-corrected chi connectivity index (χ4v) is 3.89. The average molecular weight is 266 g/mol. The van der Waals surface area contributed by atoms with Gasteiger partial charge in [0.25, 0.3) is 0 Å². The van der Waals surface area contributed by atoms with Gasteiger partial charge in [-0.05, 0) is 57.4 Å². The topological polar surface area (TPSA) is 52.6 Å². The Bertz CT molecular complexity index is 356. The zero-order valence-electron chi connectivity index (χ0n) is 11.9. The molecule has 1 heterocycles. The summed E-state index contributed by atoms with van der Waals surface area (Å²) >= 11 is 0. The van der Waals surface area contributed by atoms with Gasteiger partial charge in [-0.1, -0.05) is 6.92 Å². The Morgan fingerprint density at radius 1 is 1.32 bits per heavy atom. The first kappa shape index (κ1) is 13.4. The molecule has 3 fully saturated rings. The summed E-state index contributed by atoms with van der Waals surface area (Å²) in [4.78, 5) is 14.2. The fourth-order valence-electron chi connectivity index (χ4n) is 3.89. The van der Waals surface area contributed by atoms with Crippen LogP contribution in [0.3, 0.4) is 0 Å². The van der Waals surface area contributed by atoms with Crippen LogP contribution in [0.2, 0.25) is 0 Å². The van der Waals surface area contributed by atoms with E-state index in [4.69, 9.17) is 0 Å². The Morgan fingerprint density at radius 2 is 2.11 bits per heavy atom. The van der Waals surface area contributed by atoms with Crippen LogP contribution in [0.1, 0.15) is 51.9 Å². The molecule has 0 bridgehead atoms. The first-order valence-electron chi connectivity index (χ1n) is 7.84. The van der Waals surface area contributed by atoms with Crippen molar-refractivity contribution in [2.24, 2.45) is 5.92 Å². The lowest BCUT2D eigenvalue weighted by Gasteiger charge is -2.36. The molecule has 108 valence electrons. The van der Waals surface area contributed by atoms with Crippen LogP contribution in [-0.4, -0.2) is 46.7 Å². The highest BCUT2D eigenvalue weighted by Gasteiger charge is 2.49. The van der Waals surface area contributed by atoms with Gasteiger partial charge < -0.3 is 10.0 Å². The number of nitrogens with one attached hydrogen (secondary N) is 1. The number of likely N-dealkylation sites (tertiary alicyclic amines) is 1. The van der Waals surface area contributed by atoms with Gasteiger partial charge in [0.15, 0.2) is 0 Å². The molecule has 1 saturated heterocycles. The maximum absolute atomic E-state index is 11.7. The Hall–Kier alpha value is -0.610. The molecule has 2 N–H and O–H groups in total. The lowest BCUT2D eigenvalue weighted by atomic mass is 9.95. The molecule has 3 aliphatic rings. The Kier molecular flexibility index (Phi) is 3.56. The van der Waals surface area contributed by atoms with Crippen LogP contribution < -0.4 is 5.32 Å². The van der Waals surface area contributed by atoms with Crippen LogP contribution in [0, 0.1) is 5.92 Å². The second-order valence-electron chi connectivity index (χ2n) is 6.94. The summed E-state index contributed by atoms with van der Waals surface area (Å²) in [6, 6.07) is 0.945. The molecule has 2 saturated carbocycles. The minimum absolute atomic E-state index is 0.468. The minimum atomic E-state index is -0.632. The number of hydrogen-bond donors (Lipinski definition) is 2. The highest BCUT2D eigenvalue weighted by Crippen LogP contribution is 2.37. The van der Waals surface area contributed by atoms with Crippen molar-refractivity contribution in [1.82, 2.24) is 10.2 Å². The van der Waals surface area contributed by atoms with Crippen LogP contribution in [0.4, 0.5) is 0 Å². The number of hydrogen-bond acceptors (Lipinski definition) is 3. The SMILES string of the molecule is CC1CCCN(C2CCC(NC3CC3)(C(=O)O)C2)C1. The number of carboxylic acid groups (broad SMARTS) is 1. The van der Waals surface area contributed by atoms with E-state index in [1.54, 1.807) is 0 Å². The predicted molar refractivity (Wildman–Crippen MR) is 74.1 cm³/mol. The second-order valence-corrected chi connectivity index (χ2v) is 6.94. The average Bonchev–Trinajstić information content (AvgIpc) is 3.06. The predicted octanol–water partition coefficient (Wildman–Crippen LogP) is 1.85. The third kappa shape index (κ3) is 2.79. The van der Waals surface area contributed by atoms with Gasteiger partial charge in [0.05, 0.1) is 0 Å². The molecule has 0 aromatic heterocycles. The molecule has 19 heavy (non-hydrogen) atoms. The Balaban J connectivity index is 1.64. The molecule has 2 aliphatic carbocycles. The van der Waals surface area contributed by atoms with Gasteiger partial charge in [-0.25, -0.2) is 0 Å². The van der Waals surface area contributed by atoms with Gasteiger partial charge in [-0.3, -0.25) is 10.1 Å². The van der Waals surface area contributed by atoms with E-state index in [-0.39, 0.29) is 0 Å². The molecule has 3 rings (SSSR count). The number of aliphatic carboxylic acids is 1. The molecule has 0 aromatic carbocycles. The van der Waals surface area contributed by atoms with E-state index < -0.39 is 11.5 Å². The van der Waals surface area contributed by atoms with E-state index in [9.17, 15) is 9.90 Å². The van der Waals surface area contributed by atoms with E-state index in [0.717, 1.165) is 51.1 Å². The van der Waals surface area contributed by atoms with E-state index >= 15 is 0 Å². The Labute approximate surface area is 115 Å². The highest BCUT2D eigenvalue weighted by atomic mass is 16.4. The van der Waals surface area contributed by atoms with Crippen molar-refractivity contribution < 1.29 is 9.90 Å². The molecule has 0 aromatic rings. The van der Waals surface area contributed by atoms with Gasteiger partial charge >= 0.3 is 5.97 Å². The number of rotatable bonds is 4. The van der Waals surface area contributed by atoms with Crippen molar-refractivity contribution in [3.05, 3.63) is 0 Å². The van der Waals surface area contributed by atoms with Crippen molar-refractivity contribution in [2.45, 2.75) is 69.5 Å². The summed E-state index contributed by atoms with van der Waals surface area (Å²) in [7, 11) is 0. The summed E-state index contributed by atoms with van der Waals surface area (Å²) in [6.45, 7) is 4.63. The van der Waals surface area contributed by atoms with Crippen LogP contribution in [0.25, 0.3) is 0 Å². The van der Waals surface area contributed by atoms with Crippen molar-refractivity contribution >= 4 is 5.97 Å². The quantitative estimate of drug-likeness (QED) is 0.815. The van der Waals surface area contributed by atoms with Crippen molar-refractivity contribution in [2.75, 3.05) is 13.1 Å². The summed E-state index contributed by atoms with van der Waals surface area (Å²) in [5.74, 6) is 0.136. The number of carboxylic acids is 1. The van der Waals surface area contributed by atoms with E-state index in [1.165, 1.54) is 12.8 Å². The first-order chi connectivity index (χ1) is 9.09. The lowest BCUT2D eigenvalue weighted by molar-refractivity contribution is -0.145. The third-order valence-electron chi connectivity index (χ3n) is 5.16. The van der Waals surface area contributed by atoms with Crippen molar-refractivity contribution in [3.63, 3.8) is 0 Å². The van der Waals surface area contributed by atoms with Gasteiger partial charge in [0.1, 0.15) is 5.54 Å². The van der Waals surface area contributed by atoms with Crippen molar-refractivity contribution in [1.29, 1.82) is 0 Å². The molecule has 1 aliphatic heterocycles. The van der Waals surface area contributed by atoms with Crippen LogP contribution >= 0.6 is 0 Å². The van der Waals surface area contributed by atoms with Crippen LogP contribution in [0.5, 0.6) is 0 Å². The fraction of sp³-hybridized carbons (Fsp3) is 0.933. The molecule has 4 nitrogen and oxygen atoms in total. The van der Waals surface area contributed by atoms with Gasteiger partial charge in [-0.15, -0.1) is 0 Å². The maximum Gasteiger partial charge on any atom is 0.323 e. The largest absolute Gasteiger partial charge is 0.480 e. The zero-order valence-corrected chi connectivity index (χ0v) is 11.9. The summed E-state index contributed by atoms with van der Waals surface area (Å²) in [6.07, 6.45) is 7.54. The van der Waals surface area contributed by atoms with Crippen molar-refractivity contribution in [3.8, 4) is 0 Å². The summed E-state index contributed by atoms with van der Waals surface area (Å²) in [5.41, 5.74) is -0.632. The highest BCUT2D eigenvalue weighted by molar-refractivity contribution is 5.79. The molecule has 0 spiro atoms. The number of nitrogens with zero attached hydrogens (tertiary/aromatic N) is 1. The van der Waals surface area contributed by atoms with Gasteiger partial charge in [0, 0.05) is 18.6 Å². The molecular formula is C15H26N2O2. The summed E-state index contributed by atoms with van der Waals surface area (Å²) in [5, 5.41) is 13.0. The standard InChI is InChI=1S/C15H26N2O2/c1-11-3-2-8-17(10-11)13-6-7-15(9-13,14(18)19)16-12-4-5-12/h11-13,16H,2-10H2,1H3,(H,18,19). The molecule has 3 atom stereocenters. The number of carbonyl (C=O) groups is 1. The monoisotopic (exact) mass is 266 g/mol. The summed E-state index contributed by atoms with van der Waals surface area (Å²) < 4.78 is 0. The number of piperidine rings is 1. The molecule has 0 amide bonds. The Morgan fingerprint density at radius 3 is 2.74 bits per heavy atom. The maximum atomic E-state index is 11.7. The minimum Gasteiger partial charge on any atom is -0.480 e. The zero-order chi connectivity index (χ0) is 13.5. The van der Waals surface area contributed by atoms with Crippen LogP contribution in [-0.2, 0) is 4.79 Å². The molecule has 4 heteroatoms. The molecule has 0 radical (unpaired) electrons. The van der Waals surface area contributed by atoms with E-state index in [1.807, 2.05) is 0 Å². The van der Waals surface area contributed by atoms with Crippen LogP contribution in [0.15, 0.2) is 0 Å². The molecule has 3 unspecified atom stereocenters. The van der Waals surface area contributed by atoms with E-state index in [0.29, 0.717) is 12.1 Å². The van der Waals surface area contributed by atoms with Gasteiger partial charge in [0.2, 0.25) is 0 Å².